The van der Waals surface area contributed by atoms with Crippen LogP contribution in [-0.4, -0.2) is 13.0 Å². The summed E-state index contributed by atoms with van der Waals surface area (Å²) >= 11 is 0. The molecule has 0 bridgehead atoms. The first kappa shape index (κ1) is 10.4. The highest BCUT2D eigenvalue weighted by atomic mass is 32.2. The van der Waals surface area contributed by atoms with Gasteiger partial charge in [0.2, 0.25) is 0 Å². The molecule has 1 aromatic rings. The average molecular weight is 224 g/mol. The summed E-state index contributed by atoms with van der Waals surface area (Å²) in [5, 5.41) is 0. The van der Waals surface area contributed by atoms with Gasteiger partial charge in [-0.15, -0.1) is 0 Å². The van der Waals surface area contributed by atoms with Gasteiger partial charge in [-0.25, -0.2) is 0 Å². The molecule has 0 saturated carbocycles. The zero-order chi connectivity index (χ0) is 11.1. The van der Waals surface area contributed by atoms with Gasteiger partial charge >= 0.3 is 0 Å². The van der Waals surface area contributed by atoms with Crippen LogP contribution >= 0.6 is 0 Å². The van der Waals surface area contributed by atoms with Gasteiger partial charge < -0.3 is 0 Å². The van der Waals surface area contributed by atoms with Crippen molar-refractivity contribution in [2.24, 2.45) is 0 Å². The second-order valence-corrected chi connectivity index (χ2v) is 5.13. The molecular weight excluding hydrogens is 212 g/mol. The van der Waals surface area contributed by atoms with Crippen LogP contribution < -0.4 is 0 Å². The van der Waals surface area contributed by atoms with Crippen LogP contribution in [0.15, 0.2) is 24.3 Å². The first-order chi connectivity index (χ1) is 6.98. The standard InChI is InChI=1S/C11H12O3S/c1-8-5-6-10-9(7-8)3-2-4-11(10)15(12,13)14/h4-7H,2-3H2,1H3,(H,12,13,14). The van der Waals surface area contributed by atoms with Crippen LogP contribution in [0.1, 0.15) is 23.1 Å². The summed E-state index contributed by atoms with van der Waals surface area (Å²) in [4.78, 5) is 0.0451. The van der Waals surface area contributed by atoms with E-state index in [1.165, 1.54) is 0 Å². The van der Waals surface area contributed by atoms with Crippen molar-refractivity contribution in [3.8, 4) is 0 Å². The van der Waals surface area contributed by atoms with Crippen molar-refractivity contribution in [2.75, 3.05) is 0 Å². The van der Waals surface area contributed by atoms with Crippen LogP contribution in [0, 0.1) is 6.92 Å². The highest BCUT2D eigenvalue weighted by Gasteiger charge is 2.21. The summed E-state index contributed by atoms with van der Waals surface area (Å²) in [5.41, 5.74) is 2.73. The second-order valence-electron chi connectivity index (χ2n) is 3.74. The van der Waals surface area contributed by atoms with Crippen molar-refractivity contribution in [3.05, 3.63) is 41.0 Å². The normalized spacial score (nSPS) is 15.7. The first-order valence-corrected chi connectivity index (χ1v) is 6.20. The molecule has 0 aliphatic heterocycles. The van der Waals surface area contributed by atoms with E-state index in [2.05, 4.69) is 0 Å². The second kappa shape index (κ2) is 3.47. The fourth-order valence-electron chi connectivity index (χ4n) is 1.88. The minimum Gasteiger partial charge on any atom is -0.282 e. The largest absolute Gasteiger partial charge is 0.294 e. The molecule has 1 aromatic carbocycles. The summed E-state index contributed by atoms with van der Waals surface area (Å²) in [7, 11) is -4.09. The van der Waals surface area contributed by atoms with Crippen molar-refractivity contribution in [1.29, 1.82) is 0 Å². The minimum atomic E-state index is -4.09. The maximum Gasteiger partial charge on any atom is 0.294 e. The average Bonchev–Trinajstić information content (AvgIpc) is 2.15. The lowest BCUT2D eigenvalue weighted by Crippen LogP contribution is -2.08. The van der Waals surface area contributed by atoms with Gasteiger partial charge in [0.05, 0.1) is 4.91 Å². The van der Waals surface area contributed by atoms with Gasteiger partial charge in [0.1, 0.15) is 0 Å². The Balaban J connectivity index is 2.62. The van der Waals surface area contributed by atoms with Crippen molar-refractivity contribution in [3.63, 3.8) is 0 Å². The summed E-state index contributed by atoms with van der Waals surface area (Å²) < 4.78 is 31.3. The summed E-state index contributed by atoms with van der Waals surface area (Å²) in [5.74, 6) is 0. The maximum atomic E-state index is 11.1. The maximum absolute atomic E-state index is 11.1. The summed E-state index contributed by atoms with van der Waals surface area (Å²) in [6, 6.07) is 5.57. The molecule has 0 aromatic heterocycles. The molecule has 15 heavy (non-hydrogen) atoms. The Morgan fingerprint density at radius 3 is 2.73 bits per heavy atom. The molecule has 4 heteroatoms. The Morgan fingerprint density at radius 2 is 2.07 bits per heavy atom. The number of allylic oxidation sites excluding steroid dienone is 1. The number of hydrogen-bond donors (Lipinski definition) is 1. The van der Waals surface area contributed by atoms with Gasteiger partial charge in [-0.3, -0.25) is 4.55 Å². The van der Waals surface area contributed by atoms with Crippen molar-refractivity contribution < 1.29 is 13.0 Å². The molecule has 0 fully saturated rings. The zero-order valence-corrected chi connectivity index (χ0v) is 9.21. The molecule has 0 heterocycles. The van der Waals surface area contributed by atoms with Crippen LogP contribution in [0.5, 0.6) is 0 Å². The molecule has 0 saturated heterocycles. The third kappa shape index (κ3) is 1.96. The highest BCUT2D eigenvalue weighted by molar-refractivity contribution is 7.95. The topological polar surface area (TPSA) is 54.4 Å². The van der Waals surface area contributed by atoms with Gasteiger partial charge in [0.25, 0.3) is 10.1 Å². The Bertz CT molecular complexity index is 527. The minimum absolute atomic E-state index is 0.0451. The third-order valence-corrected chi connectivity index (χ3v) is 3.49. The lowest BCUT2D eigenvalue weighted by Gasteiger charge is -2.16. The summed E-state index contributed by atoms with van der Waals surface area (Å²) in [6.45, 7) is 1.96. The van der Waals surface area contributed by atoms with Gasteiger partial charge in [-0.1, -0.05) is 29.8 Å². The Kier molecular flexibility index (Phi) is 2.40. The molecule has 0 amide bonds. The molecule has 2 rings (SSSR count). The Labute approximate surface area is 89.2 Å². The predicted molar refractivity (Wildman–Crippen MR) is 59.0 cm³/mol. The van der Waals surface area contributed by atoms with E-state index in [4.69, 9.17) is 4.55 Å². The van der Waals surface area contributed by atoms with Gasteiger partial charge in [0.15, 0.2) is 0 Å². The van der Waals surface area contributed by atoms with Crippen LogP contribution in [0.3, 0.4) is 0 Å². The molecule has 0 spiro atoms. The van der Waals surface area contributed by atoms with Crippen molar-refractivity contribution >= 4 is 15.0 Å². The molecular formula is C11H12O3S. The van der Waals surface area contributed by atoms with Crippen LogP contribution in [0.25, 0.3) is 4.91 Å². The molecule has 1 N–H and O–H groups in total. The molecule has 0 radical (unpaired) electrons. The van der Waals surface area contributed by atoms with E-state index in [1.54, 1.807) is 12.1 Å². The fraction of sp³-hybridized carbons (Fsp3) is 0.273. The Morgan fingerprint density at radius 1 is 1.33 bits per heavy atom. The smallest absolute Gasteiger partial charge is 0.282 e. The molecule has 1 aliphatic rings. The molecule has 80 valence electrons. The first-order valence-electron chi connectivity index (χ1n) is 4.76. The fourth-order valence-corrected chi connectivity index (χ4v) is 2.69. The van der Waals surface area contributed by atoms with Crippen molar-refractivity contribution in [1.82, 2.24) is 0 Å². The van der Waals surface area contributed by atoms with E-state index in [9.17, 15) is 8.42 Å². The van der Waals surface area contributed by atoms with Crippen LogP contribution in [-0.2, 0) is 16.5 Å². The van der Waals surface area contributed by atoms with Crippen molar-refractivity contribution in [2.45, 2.75) is 19.8 Å². The van der Waals surface area contributed by atoms with E-state index in [0.717, 1.165) is 17.5 Å². The predicted octanol–water partition coefficient (Wildman–Crippen LogP) is 2.17. The van der Waals surface area contributed by atoms with Crippen LogP contribution in [0.2, 0.25) is 0 Å². The third-order valence-electron chi connectivity index (χ3n) is 2.55. The number of benzene rings is 1. The lowest BCUT2D eigenvalue weighted by atomic mass is 9.95. The van der Waals surface area contributed by atoms with E-state index < -0.39 is 10.1 Å². The van der Waals surface area contributed by atoms with E-state index in [-0.39, 0.29) is 4.91 Å². The van der Waals surface area contributed by atoms with Gasteiger partial charge in [-0.05, 0) is 30.9 Å². The Hall–Kier alpha value is -1.13. The molecule has 1 aliphatic carbocycles. The quantitative estimate of drug-likeness (QED) is 0.744. The number of aryl methyl sites for hydroxylation is 2. The SMILES string of the molecule is Cc1ccc2c(c1)CCC=C2S(=O)(=O)O. The van der Waals surface area contributed by atoms with Crippen LogP contribution in [0.4, 0.5) is 0 Å². The number of fused-ring (bicyclic) bond motifs is 1. The highest BCUT2D eigenvalue weighted by Crippen LogP contribution is 2.30. The van der Waals surface area contributed by atoms with E-state index in [0.29, 0.717) is 12.0 Å². The monoisotopic (exact) mass is 224 g/mol. The lowest BCUT2D eigenvalue weighted by molar-refractivity contribution is 0.496. The van der Waals surface area contributed by atoms with Gasteiger partial charge in [-0.2, -0.15) is 8.42 Å². The van der Waals surface area contributed by atoms with E-state index in [1.807, 2.05) is 19.1 Å². The molecule has 3 nitrogen and oxygen atoms in total. The molecule has 0 atom stereocenters. The number of rotatable bonds is 1. The van der Waals surface area contributed by atoms with E-state index >= 15 is 0 Å². The zero-order valence-electron chi connectivity index (χ0n) is 8.40. The van der Waals surface area contributed by atoms with Gasteiger partial charge in [0, 0.05) is 0 Å². The summed E-state index contributed by atoms with van der Waals surface area (Å²) in [6.07, 6.45) is 3.06. The molecule has 0 unspecified atom stereocenters. The number of hydrogen-bond acceptors (Lipinski definition) is 2.